The zero-order chi connectivity index (χ0) is 77.3. The molecule has 9 heterocycles. The van der Waals surface area contributed by atoms with Crippen molar-refractivity contribution in [2.24, 2.45) is 0 Å². The van der Waals surface area contributed by atoms with E-state index in [2.05, 4.69) is 209 Å². The summed E-state index contributed by atoms with van der Waals surface area (Å²) < 4.78 is 19.2. The third kappa shape index (κ3) is 12.4. The number of oxazole rings is 3. The molecule has 24 rings (SSSR count). The predicted octanol–water partition coefficient (Wildman–Crippen LogP) is 27.2. The number of aromatic nitrogens is 9. The number of fused-ring (bicyclic) bond motifs is 18. The smallest absolute Gasteiger partial charge is 0.227 e. The topological polar surface area (TPSA) is 155 Å². The van der Waals surface area contributed by atoms with Crippen LogP contribution in [0.1, 0.15) is 0 Å². The number of rotatable bonds is 9. The molecule has 0 bridgehead atoms. The highest BCUT2D eigenvalue weighted by molar-refractivity contribution is 6.21. The van der Waals surface area contributed by atoms with Crippen LogP contribution in [0.25, 0.3) is 233 Å². The van der Waals surface area contributed by atoms with Gasteiger partial charge in [-0.25, -0.2) is 29.9 Å². The second kappa shape index (κ2) is 28.6. The highest BCUT2D eigenvalue weighted by Crippen LogP contribution is 2.43. The van der Waals surface area contributed by atoms with Crippen molar-refractivity contribution in [2.45, 2.75) is 0 Å². The van der Waals surface area contributed by atoms with Crippen LogP contribution in [0.3, 0.4) is 0 Å². The summed E-state index contributed by atoms with van der Waals surface area (Å²) in [6.07, 6.45) is 5.48. The minimum absolute atomic E-state index is 0.626. The van der Waals surface area contributed by atoms with E-state index < -0.39 is 0 Å². The van der Waals surface area contributed by atoms with Gasteiger partial charge in [0, 0.05) is 90.2 Å². The van der Waals surface area contributed by atoms with Crippen molar-refractivity contribution in [3.8, 4) is 102 Å². The van der Waals surface area contributed by atoms with E-state index in [0.29, 0.717) is 17.7 Å². The molecule has 117 heavy (non-hydrogen) atoms. The summed E-state index contributed by atoms with van der Waals surface area (Å²) >= 11 is 0. The first-order valence-corrected chi connectivity index (χ1v) is 38.8. The lowest BCUT2D eigenvalue weighted by Gasteiger charge is -2.11. The van der Waals surface area contributed by atoms with Crippen molar-refractivity contribution in [3.63, 3.8) is 0 Å². The first kappa shape index (κ1) is 67.8. The molecule has 0 unspecified atom stereocenters. The molecule has 0 N–H and O–H groups in total. The molecule has 0 aliphatic heterocycles. The molecule has 15 aromatic carbocycles. The molecular formula is C105H63N9O3. The van der Waals surface area contributed by atoms with E-state index in [0.717, 1.165) is 215 Å². The monoisotopic (exact) mass is 1500 g/mol. The van der Waals surface area contributed by atoms with Crippen molar-refractivity contribution in [1.82, 2.24) is 44.9 Å². The molecule has 0 amide bonds. The third-order valence-corrected chi connectivity index (χ3v) is 22.0. The Morgan fingerprint density at radius 2 is 0.538 bits per heavy atom. The maximum absolute atomic E-state index is 6.42. The molecule has 12 heteroatoms. The van der Waals surface area contributed by atoms with Crippen molar-refractivity contribution in [3.05, 3.63) is 383 Å². The molecule has 0 aliphatic rings. The fraction of sp³-hybridized carbons (Fsp3) is 0. The van der Waals surface area contributed by atoms with Gasteiger partial charge in [0.1, 0.15) is 16.6 Å². The summed E-state index contributed by atoms with van der Waals surface area (Å²) in [5.74, 6) is 1.89. The second-order valence-electron chi connectivity index (χ2n) is 29.1. The summed E-state index contributed by atoms with van der Waals surface area (Å²) in [6.45, 7) is 0. The van der Waals surface area contributed by atoms with Crippen molar-refractivity contribution in [1.29, 1.82) is 0 Å². The van der Waals surface area contributed by atoms with E-state index in [1.165, 1.54) is 0 Å². The SMILES string of the molecule is c1ccc(-c2nc3ccc4ccc5cc(-c6cc(-c7ccccc7)c7ncccc7n6)ccc5c4c3o2)cc1.c1ccc(-c2nc3ccc4ccc5ccc(-c6cc(-c7ccccc7)c7ncccc7n6)cc5c4c3o2)cc1.c1ccc(-c2nc3ccc4ccc5ccc(-c6cc7ncccc7c(-c7ccccc7)n6)cc5c4c3o2)cc1. The average Bonchev–Trinajstić information content (AvgIpc) is 1.75. The second-order valence-corrected chi connectivity index (χ2v) is 29.1. The Balaban J connectivity index is 0.000000106. The summed E-state index contributed by atoms with van der Waals surface area (Å²) in [6, 6.07) is 124. The quantitative estimate of drug-likeness (QED) is 0.126. The highest BCUT2D eigenvalue weighted by atomic mass is 16.4. The van der Waals surface area contributed by atoms with E-state index >= 15 is 0 Å². The standard InChI is InChI=1S/3C35H21N3O/c1-3-8-24(9-4-1)33-27-12-7-19-36-31(27)21-30(37-33)26-16-14-22-13-15-23-17-18-29-34(32(23)28(22)20-26)39-35(38-29)25-10-5-2-6-11-25;1-3-8-22(9-4-1)28-21-31(37-29-12-7-19-36-33(28)29)26-16-14-23-13-15-24-17-18-30-34(32(24)27(23)20-26)39-35(38-30)25-10-5-2-6-11-25;1-3-8-22(9-4-1)28-21-31(37-29-12-7-19-36-33(28)29)26-15-17-27-25(20-26)14-13-23-16-18-30-34(32(23)27)39-35(38-30)24-10-5-2-6-11-24/h3*1-21H. The Labute approximate surface area is 669 Å². The third-order valence-electron chi connectivity index (χ3n) is 22.0. The first-order chi connectivity index (χ1) is 57.9. The predicted molar refractivity (Wildman–Crippen MR) is 475 cm³/mol. The van der Waals surface area contributed by atoms with Crippen LogP contribution in [0.15, 0.2) is 396 Å². The van der Waals surface area contributed by atoms with Gasteiger partial charge in [-0.15, -0.1) is 0 Å². The van der Waals surface area contributed by atoms with Gasteiger partial charge in [-0.3, -0.25) is 15.0 Å². The Kier molecular flexibility index (Phi) is 16.6. The minimum Gasteiger partial charge on any atom is -0.435 e. The molecule has 546 valence electrons. The maximum atomic E-state index is 6.42. The van der Waals surface area contributed by atoms with E-state index in [1.54, 1.807) is 0 Å². The molecule has 0 saturated heterocycles. The van der Waals surface area contributed by atoms with E-state index in [1.807, 2.05) is 188 Å². The van der Waals surface area contributed by atoms with Crippen molar-refractivity contribution in [2.75, 3.05) is 0 Å². The molecule has 0 fully saturated rings. The van der Waals surface area contributed by atoms with Crippen LogP contribution in [-0.4, -0.2) is 44.9 Å². The van der Waals surface area contributed by atoms with Gasteiger partial charge in [-0.05, 0) is 187 Å². The van der Waals surface area contributed by atoms with Crippen molar-refractivity contribution < 1.29 is 13.3 Å². The molecule has 0 atom stereocenters. The van der Waals surface area contributed by atoms with Crippen LogP contribution < -0.4 is 0 Å². The fourth-order valence-corrected chi connectivity index (χ4v) is 16.3. The van der Waals surface area contributed by atoms with Crippen LogP contribution in [0.2, 0.25) is 0 Å². The molecule has 0 aliphatic carbocycles. The maximum Gasteiger partial charge on any atom is 0.227 e. The Morgan fingerprint density at radius 3 is 0.991 bits per heavy atom. The van der Waals surface area contributed by atoms with Gasteiger partial charge in [-0.1, -0.05) is 237 Å². The van der Waals surface area contributed by atoms with Gasteiger partial charge >= 0.3 is 0 Å². The summed E-state index contributed by atoms with van der Waals surface area (Å²) in [5.41, 5.74) is 24.5. The number of hydrogen-bond acceptors (Lipinski definition) is 12. The summed E-state index contributed by atoms with van der Waals surface area (Å²) in [7, 11) is 0. The zero-order valence-electron chi connectivity index (χ0n) is 62.6. The Bertz CT molecular complexity index is 7690. The highest BCUT2D eigenvalue weighted by Gasteiger charge is 2.21. The fourth-order valence-electron chi connectivity index (χ4n) is 16.3. The van der Waals surface area contributed by atoms with Crippen LogP contribution in [0.4, 0.5) is 0 Å². The van der Waals surface area contributed by atoms with Gasteiger partial charge in [0.25, 0.3) is 0 Å². The van der Waals surface area contributed by atoms with Crippen LogP contribution in [0, 0.1) is 0 Å². The number of benzene rings is 15. The number of nitrogens with zero attached hydrogens (tertiary/aromatic N) is 9. The van der Waals surface area contributed by atoms with Crippen LogP contribution >= 0.6 is 0 Å². The normalized spacial score (nSPS) is 11.6. The number of pyridine rings is 6. The molecular weight excluding hydrogens is 1440 g/mol. The molecule has 0 saturated carbocycles. The lowest BCUT2D eigenvalue weighted by atomic mass is 9.96. The summed E-state index contributed by atoms with van der Waals surface area (Å²) in [4.78, 5) is 43.6. The van der Waals surface area contributed by atoms with E-state index in [9.17, 15) is 0 Å². The van der Waals surface area contributed by atoms with Gasteiger partial charge in [-0.2, -0.15) is 0 Å². The molecule has 12 nitrogen and oxygen atoms in total. The summed E-state index contributed by atoms with van der Waals surface area (Å²) in [5, 5.41) is 14.3. The first-order valence-electron chi connectivity index (χ1n) is 38.8. The largest absolute Gasteiger partial charge is 0.435 e. The van der Waals surface area contributed by atoms with Crippen LogP contribution in [-0.2, 0) is 0 Å². The molecule has 0 radical (unpaired) electrons. The Morgan fingerprint density at radius 1 is 0.188 bits per heavy atom. The Hall–Kier alpha value is -16.1. The molecule has 9 aromatic heterocycles. The van der Waals surface area contributed by atoms with Gasteiger partial charge < -0.3 is 13.3 Å². The number of hydrogen-bond donors (Lipinski definition) is 0. The average molecular weight is 1500 g/mol. The minimum atomic E-state index is 0.626. The lowest BCUT2D eigenvalue weighted by Crippen LogP contribution is -1.92. The molecule has 24 aromatic rings. The van der Waals surface area contributed by atoms with E-state index in [-0.39, 0.29) is 0 Å². The zero-order valence-corrected chi connectivity index (χ0v) is 62.6. The van der Waals surface area contributed by atoms with E-state index in [4.69, 9.17) is 43.2 Å². The van der Waals surface area contributed by atoms with Crippen molar-refractivity contribution >= 4 is 131 Å². The van der Waals surface area contributed by atoms with Gasteiger partial charge in [0.2, 0.25) is 17.7 Å². The van der Waals surface area contributed by atoms with Gasteiger partial charge in [0.05, 0.1) is 50.4 Å². The van der Waals surface area contributed by atoms with Crippen LogP contribution in [0.5, 0.6) is 0 Å². The lowest BCUT2D eigenvalue weighted by molar-refractivity contribution is 0.623. The molecule has 0 spiro atoms. The van der Waals surface area contributed by atoms with Gasteiger partial charge in [0.15, 0.2) is 16.7 Å².